The molecule has 0 saturated heterocycles. The van der Waals surface area contributed by atoms with Crippen molar-refractivity contribution in [2.75, 3.05) is 14.2 Å². The number of methoxy groups -OCH3 is 2. The molecule has 0 bridgehead atoms. The van der Waals surface area contributed by atoms with Crippen molar-refractivity contribution in [3.63, 3.8) is 0 Å². The zero-order chi connectivity index (χ0) is 17.5. The second-order valence-electron chi connectivity index (χ2n) is 4.67. The minimum atomic E-state index is -0.493. The van der Waals surface area contributed by atoms with E-state index in [0.29, 0.717) is 16.9 Å². The molecule has 2 rings (SSSR count). The lowest BCUT2D eigenvalue weighted by atomic mass is 10.2. The van der Waals surface area contributed by atoms with Gasteiger partial charge in [0.15, 0.2) is 11.5 Å². The molecule has 0 fully saturated rings. The van der Waals surface area contributed by atoms with E-state index in [-0.39, 0.29) is 5.75 Å². The van der Waals surface area contributed by atoms with Gasteiger partial charge in [0, 0.05) is 10.5 Å². The van der Waals surface area contributed by atoms with Crippen molar-refractivity contribution in [1.82, 2.24) is 0 Å². The molecule has 0 amide bonds. The molecule has 24 heavy (non-hydrogen) atoms. The van der Waals surface area contributed by atoms with E-state index in [0.717, 1.165) is 4.47 Å². The van der Waals surface area contributed by atoms with Crippen LogP contribution in [-0.2, 0) is 9.53 Å². The molecule has 2 aromatic carbocycles. The molecule has 0 aliphatic rings. The number of ether oxygens (including phenoxy) is 3. The first-order chi connectivity index (χ1) is 11.5. The van der Waals surface area contributed by atoms with Gasteiger partial charge in [0.2, 0.25) is 0 Å². The maximum absolute atomic E-state index is 12.2. The molecule has 0 N–H and O–H groups in total. The number of benzene rings is 2. The van der Waals surface area contributed by atoms with Gasteiger partial charge in [-0.15, -0.1) is 0 Å². The number of hydrogen-bond donors (Lipinski definition) is 0. The first-order valence-electron chi connectivity index (χ1n) is 6.95. The van der Waals surface area contributed by atoms with Gasteiger partial charge in [0.25, 0.3) is 0 Å². The average molecular weight is 391 g/mol. The molecule has 0 atom stereocenters. The summed E-state index contributed by atoms with van der Waals surface area (Å²) in [6.07, 6.45) is 2.87. The van der Waals surface area contributed by atoms with Gasteiger partial charge in [-0.25, -0.2) is 9.59 Å². The summed E-state index contributed by atoms with van der Waals surface area (Å²) in [5, 5.41) is 0. The quantitative estimate of drug-likeness (QED) is 0.440. The Bertz CT molecular complexity index is 783. The molecular weight excluding hydrogens is 376 g/mol. The first kappa shape index (κ1) is 17.7. The Morgan fingerprint density at radius 3 is 2.50 bits per heavy atom. The van der Waals surface area contributed by atoms with Gasteiger partial charge in [-0.2, -0.15) is 0 Å². The second kappa shape index (κ2) is 8.31. The van der Waals surface area contributed by atoms with E-state index in [9.17, 15) is 9.59 Å². The van der Waals surface area contributed by atoms with E-state index in [1.165, 1.54) is 20.3 Å². The zero-order valence-electron chi connectivity index (χ0n) is 13.1. The van der Waals surface area contributed by atoms with Crippen molar-refractivity contribution >= 4 is 33.9 Å². The molecule has 0 heterocycles. The third-order valence-electron chi connectivity index (χ3n) is 3.06. The summed E-state index contributed by atoms with van der Waals surface area (Å²) in [6.45, 7) is 0. The SMILES string of the molecule is COC(=O)C=Cc1ccc(OC(=O)c2cccc(Br)c2)c(OC)c1. The van der Waals surface area contributed by atoms with Crippen LogP contribution in [0.5, 0.6) is 11.5 Å². The summed E-state index contributed by atoms with van der Waals surface area (Å²) in [5.74, 6) is -0.283. The van der Waals surface area contributed by atoms with E-state index in [1.807, 2.05) is 6.07 Å². The van der Waals surface area contributed by atoms with Gasteiger partial charge in [0.1, 0.15) is 0 Å². The predicted octanol–water partition coefficient (Wildman–Crippen LogP) is 3.86. The Labute approximate surface area is 148 Å². The fraction of sp³-hybridized carbons (Fsp3) is 0.111. The van der Waals surface area contributed by atoms with Crippen LogP contribution in [-0.4, -0.2) is 26.2 Å². The number of esters is 2. The van der Waals surface area contributed by atoms with E-state index in [4.69, 9.17) is 9.47 Å². The van der Waals surface area contributed by atoms with Crippen molar-refractivity contribution in [2.45, 2.75) is 0 Å². The number of halogens is 1. The van der Waals surface area contributed by atoms with Crippen LogP contribution in [0.1, 0.15) is 15.9 Å². The minimum Gasteiger partial charge on any atom is -0.493 e. The van der Waals surface area contributed by atoms with Gasteiger partial charge >= 0.3 is 11.9 Å². The lowest BCUT2D eigenvalue weighted by Crippen LogP contribution is -2.09. The summed E-state index contributed by atoms with van der Waals surface area (Å²) in [7, 11) is 2.78. The summed E-state index contributed by atoms with van der Waals surface area (Å²) >= 11 is 3.31. The van der Waals surface area contributed by atoms with Crippen molar-refractivity contribution in [3.05, 3.63) is 64.1 Å². The molecule has 0 aliphatic heterocycles. The molecule has 0 saturated carbocycles. The van der Waals surface area contributed by atoms with Crippen LogP contribution in [0, 0.1) is 0 Å². The lowest BCUT2D eigenvalue weighted by molar-refractivity contribution is -0.134. The Hall–Kier alpha value is -2.60. The van der Waals surface area contributed by atoms with Crippen molar-refractivity contribution in [1.29, 1.82) is 0 Å². The topological polar surface area (TPSA) is 61.8 Å². The van der Waals surface area contributed by atoms with Gasteiger partial charge < -0.3 is 14.2 Å². The number of carbonyl (C=O) groups excluding carboxylic acids is 2. The van der Waals surface area contributed by atoms with Crippen LogP contribution in [0.15, 0.2) is 53.0 Å². The number of carbonyl (C=O) groups is 2. The summed E-state index contributed by atoms with van der Waals surface area (Å²) in [4.78, 5) is 23.3. The van der Waals surface area contributed by atoms with E-state index >= 15 is 0 Å². The maximum Gasteiger partial charge on any atom is 0.343 e. The first-order valence-corrected chi connectivity index (χ1v) is 7.74. The third kappa shape index (κ3) is 4.70. The zero-order valence-corrected chi connectivity index (χ0v) is 14.7. The fourth-order valence-electron chi connectivity index (χ4n) is 1.88. The Balaban J connectivity index is 2.20. The molecule has 2 aromatic rings. The Morgan fingerprint density at radius 2 is 1.83 bits per heavy atom. The largest absolute Gasteiger partial charge is 0.493 e. The van der Waals surface area contributed by atoms with Crippen LogP contribution in [0.25, 0.3) is 6.08 Å². The third-order valence-corrected chi connectivity index (χ3v) is 3.56. The van der Waals surface area contributed by atoms with E-state index in [2.05, 4.69) is 20.7 Å². The van der Waals surface area contributed by atoms with Crippen LogP contribution in [0.2, 0.25) is 0 Å². The second-order valence-corrected chi connectivity index (χ2v) is 5.58. The highest BCUT2D eigenvalue weighted by Crippen LogP contribution is 2.29. The van der Waals surface area contributed by atoms with Crippen LogP contribution in [0.4, 0.5) is 0 Å². The van der Waals surface area contributed by atoms with Gasteiger partial charge in [0.05, 0.1) is 19.8 Å². The Morgan fingerprint density at radius 1 is 1.04 bits per heavy atom. The molecule has 5 nitrogen and oxygen atoms in total. The highest BCUT2D eigenvalue weighted by Gasteiger charge is 2.13. The molecular formula is C18H15BrO5. The van der Waals surface area contributed by atoms with Crippen molar-refractivity contribution in [2.24, 2.45) is 0 Å². The van der Waals surface area contributed by atoms with Gasteiger partial charge in [-0.1, -0.05) is 28.1 Å². The molecule has 0 unspecified atom stereocenters. The molecule has 0 spiro atoms. The van der Waals surface area contributed by atoms with Gasteiger partial charge in [-0.05, 0) is 42.0 Å². The van der Waals surface area contributed by atoms with Crippen LogP contribution < -0.4 is 9.47 Å². The summed E-state index contributed by atoms with van der Waals surface area (Å²) in [6, 6.07) is 11.9. The Kier molecular flexibility index (Phi) is 6.14. The van der Waals surface area contributed by atoms with E-state index < -0.39 is 11.9 Å². The predicted molar refractivity (Wildman–Crippen MR) is 93.1 cm³/mol. The molecule has 0 aliphatic carbocycles. The molecule has 0 aromatic heterocycles. The highest BCUT2D eigenvalue weighted by atomic mass is 79.9. The van der Waals surface area contributed by atoms with Crippen LogP contribution in [0.3, 0.4) is 0 Å². The monoisotopic (exact) mass is 390 g/mol. The molecule has 124 valence electrons. The number of hydrogen-bond acceptors (Lipinski definition) is 5. The number of rotatable bonds is 5. The van der Waals surface area contributed by atoms with Gasteiger partial charge in [-0.3, -0.25) is 0 Å². The minimum absolute atomic E-state index is 0.290. The maximum atomic E-state index is 12.2. The standard InChI is InChI=1S/C18H15BrO5/c1-22-16-10-12(7-9-17(20)23-2)6-8-15(16)24-18(21)13-4-3-5-14(19)11-13/h3-11H,1-2H3. The van der Waals surface area contributed by atoms with E-state index in [1.54, 1.807) is 42.5 Å². The summed E-state index contributed by atoms with van der Waals surface area (Å²) in [5.41, 5.74) is 1.13. The fourth-order valence-corrected chi connectivity index (χ4v) is 2.28. The smallest absolute Gasteiger partial charge is 0.343 e. The average Bonchev–Trinajstić information content (AvgIpc) is 2.60. The van der Waals surface area contributed by atoms with Crippen molar-refractivity contribution < 1.29 is 23.8 Å². The summed E-state index contributed by atoms with van der Waals surface area (Å²) < 4.78 is 15.9. The molecule has 6 heteroatoms. The molecule has 0 radical (unpaired) electrons. The highest BCUT2D eigenvalue weighted by molar-refractivity contribution is 9.10. The lowest BCUT2D eigenvalue weighted by Gasteiger charge is -2.10. The normalized spacial score (nSPS) is 10.5. The van der Waals surface area contributed by atoms with Crippen LogP contribution >= 0.6 is 15.9 Å². The van der Waals surface area contributed by atoms with Crippen molar-refractivity contribution in [3.8, 4) is 11.5 Å².